The van der Waals surface area contributed by atoms with Gasteiger partial charge in [-0.15, -0.1) is 11.3 Å². The molecule has 0 saturated carbocycles. The van der Waals surface area contributed by atoms with Crippen LogP contribution in [0.15, 0.2) is 35.4 Å². The first kappa shape index (κ1) is 22.5. The van der Waals surface area contributed by atoms with Crippen LogP contribution >= 0.6 is 11.3 Å². The molecular formula is C22H26N4O4S. The van der Waals surface area contributed by atoms with Crippen LogP contribution in [-0.4, -0.2) is 42.1 Å². The second-order valence-corrected chi connectivity index (χ2v) is 8.89. The highest BCUT2D eigenvalue weighted by Crippen LogP contribution is 2.27. The summed E-state index contributed by atoms with van der Waals surface area (Å²) < 4.78 is 6.54. The van der Waals surface area contributed by atoms with E-state index in [1.807, 2.05) is 45.0 Å². The maximum absolute atomic E-state index is 13.0. The second kappa shape index (κ2) is 9.30. The molecule has 0 aliphatic carbocycles. The molecule has 164 valence electrons. The number of nitrogens with one attached hydrogen (secondary N) is 1. The number of carbonyl (C=O) groups is 2. The number of nitrogens with zero attached hydrogens (tertiary/aromatic N) is 3. The van der Waals surface area contributed by atoms with Crippen molar-refractivity contribution in [1.29, 1.82) is 0 Å². The first-order valence-corrected chi connectivity index (χ1v) is 10.7. The Morgan fingerprint density at radius 2 is 1.90 bits per heavy atom. The molecule has 0 spiro atoms. The lowest BCUT2D eigenvalue weighted by Gasteiger charge is -2.13. The average Bonchev–Trinajstić information content (AvgIpc) is 3.06. The summed E-state index contributed by atoms with van der Waals surface area (Å²) in [5.74, 6) is -0.587. The molecule has 2 aromatic heterocycles. The largest absolute Gasteiger partial charge is 0.461 e. The van der Waals surface area contributed by atoms with Crippen molar-refractivity contribution in [3.05, 3.63) is 51.4 Å². The van der Waals surface area contributed by atoms with Crippen molar-refractivity contribution in [2.45, 2.75) is 27.3 Å². The lowest BCUT2D eigenvalue weighted by Crippen LogP contribution is -2.28. The number of carbonyl (C=O) groups excluding carboxylic acids is 2. The summed E-state index contributed by atoms with van der Waals surface area (Å²) in [7, 11) is 3.87. The zero-order chi connectivity index (χ0) is 22.7. The number of fused-ring (bicyclic) bond motifs is 1. The molecule has 0 unspecified atom stereocenters. The van der Waals surface area contributed by atoms with Crippen LogP contribution in [0.25, 0.3) is 10.2 Å². The quantitative estimate of drug-likeness (QED) is 0.565. The fourth-order valence-electron chi connectivity index (χ4n) is 2.97. The molecule has 1 N–H and O–H groups in total. The van der Waals surface area contributed by atoms with Crippen LogP contribution in [0.3, 0.4) is 0 Å². The van der Waals surface area contributed by atoms with Gasteiger partial charge in [-0.1, -0.05) is 13.8 Å². The van der Waals surface area contributed by atoms with Crippen molar-refractivity contribution in [3.8, 4) is 0 Å². The van der Waals surface area contributed by atoms with Gasteiger partial charge in [0.15, 0.2) is 0 Å². The minimum Gasteiger partial charge on any atom is -0.461 e. The Balaban J connectivity index is 1.79. The number of esters is 1. The van der Waals surface area contributed by atoms with Crippen LogP contribution in [0.4, 0.5) is 11.4 Å². The van der Waals surface area contributed by atoms with E-state index >= 15 is 0 Å². The third-order valence-electron chi connectivity index (χ3n) is 4.63. The van der Waals surface area contributed by atoms with Gasteiger partial charge in [0.05, 0.1) is 18.3 Å². The van der Waals surface area contributed by atoms with Gasteiger partial charge >= 0.3 is 5.97 Å². The van der Waals surface area contributed by atoms with E-state index in [1.165, 1.54) is 10.9 Å². The molecule has 9 heteroatoms. The highest BCUT2D eigenvalue weighted by molar-refractivity contribution is 7.20. The lowest BCUT2D eigenvalue weighted by atomic mass is 10.2. The van der Waals surface area contributed by atoms with Crippen LogP contribution < -0.4 is 15.8 Å². The number of amides is 1. The molecule has 3 aromatic rings. The fraction of sp³-hybridized carbons (Fsp3) is 0.364. The van der Waals surface area contributed by atoms with Gasteiger partial charge in [-0.25, -0.2) is 9.78 Å². The van der Waals surface area contributed by atoms with E-state index < -0.39 is 5.97 Å². The van der Waals surface area contributed by atoms with Gasteiger partial charge in [0.2, 0.25) is 5.91 Å². The molecule has 8 nitrogen and oxygen atoms in total. The van der Waals surface area contributed by atoms with Crippen molar-refractivity contribution >= 4 is 44.8 Å². The average molecular weight is 443 g/mol. The summed E-state index contributed by atoms with van der Waals surface area (Å²) in [6.07, 6.45) is 1.33. The molecule has 0 fully saturated rings. The number of ether oxygens (including phenoxy) is 1. The van der Waals surface area contributed by atoms with Crippen molar-refractivity contribution in [3.63, 3.8) is 0 Å². The summed E-state index contributed by atoms with van der Waals surface area (Å²) in [4.78, 5) is 44.8. The number of aromatic nitrogens is 2. The maximum atomic E-state index is 13.0. The first-order chi connectivity index (χ1) is 14.7. The molecule has 1 amide bonds. The third-order valence-corrected chi connectivity index (χ3v) is 5.81. The highest BCUT2D eigenvalue weighted by atomic mass is 32.1. The number of hydrogen-bond acceptors (Lipinski definition) is 7. The van der Waals surface area contributed by atoms with Crippen molar-refractivity contribution in [2.24, 2.45) is 5.92 Å². The van der Waals surface area contributed by atoms with Crippen molar-refractivity contribution in [1.82, 2.24) is 9.55 Å². The van der Waals surface area contributed by atoms with Gasteiger partial charge in [0.25, 0.3) is 5.56 Å². The minimum atomic E-state index is -0.459. The van der Waals surface area contributed by atoms with Crippen LogP contribution in [0.5, 0.6) is 0 Å². The Labute approximate surface area is 184 Å². The number of benzene rings is 1. The Morgan fingerprint density at radius 3 is 2.52 bits per heavy atom. The monoisotopic (exact) mass is 442 g/mol. The molecule has 0 bridgehead atoms. The summed E-state index contributed by atoms with van der Waals surface area (Å²) in [6, 6.07) is 7.39. The molecule has 3 rings (SSSR count). The fourth-order valence-corrected chi connectivity index (χ4v) is 4.01. The Bertz CT molecular complexity index is 1160. The number of anilines is 2. The third kappa shape index (κ3) is 5.11. The first-order valence-electron chi connectivity index (χ1n) is 9.90. The van der Waals surface area contributed by atoms with Crippen LogP contribution in [0.1, 0.15) is 29.1 Å². The van der Waals surface area contributed by atoms with Gasteiger partial charge in [-0.3, -0.25) is 14.2 Å². The van der Waals surface area contributed by atoms with E-state index in [-0.39, 0.29) is 23.9 Å². The van der Waals surface area contributed by atoms with Gasteiger partial charge in [-0.2, -0.15) is 0 Å². The normalized spacial score (nSPS) is 11.0. The zero-order valence-electron chi connectivity index (χ0n) is 18.3. The van der Waals surface area contributed by atoms with Crippen molar-refractivity contribution in [2.75, 3.05) is 30.9 Å². The molecule has 1 aromatic carbocycles. The predicted molar refractivity (Wildman–Crippen MR) is 123 cm³/mol. The maximum Gasteiger partial charge on any atom is 0.348 e. The van der Waals surface area contributed by atoms with Gasteiger partial charge in [-0.05, 0) is 42.7 Å². The van der Waals surface area contributed by atoms with E-state index in [1.54, 1.807) is 19.1 Å². The molecule has 0 saturated heterocycles. The predicted octanol–water partition coefficient (Wildman–Crippen LogP) is 3.28. The Kier molecular flexibility index (Phi) is 6.74. The van der Waals surface area contributed by atoms with E-state index in [2.05, 4.69) is 10.3 Å². The molecule has 0 radical (unpaired) electrons. The highest BCUT2D eigenvalue weighted by Gasteiger charge is 2.21. The number of aryl methyl sites for hydroxylation is 1. The smallest absolute Gasteiger partial charge is 0.348 e. The lowest BCUT2D eigenvalue weighted by molar-refractivity contribution is -0.116. The molecule has 0 aliphatic rings. The molecule has 31 heavy (non-hydrogen) atoms. The summed E-state index contributed by atoms with van der Waals surface area (Å²) >= 11 is 1.13. The number of thiophene rings is 1. The van der Waals surface area contributed by atoms with E-state index in [9.17, 15) is 14.4 Å². The van der Waals surface area contributed by atoms with E-state index in [0.717, 1.165) is 17.0 Å². The molecule has 2 heterocycles. The topological polar surface area (TPSA) is 93.5 Å². The second-order valence-electron chi connectivity index (χ2n) is 7.90. The van der Waals surface area contributed by atoms with Crippen LogP contribution in [0.2, 0.25) is 0 Å². The summed E-state index contributed by atoms with van der Waals surface area (Å²) in [6.45, 7) is 5.73. The van der Waals surface area contributed by atoms with E-state index in [0.29, 0.717) is 33.0 Å². The van der Waals surface area contributed by atoms with E-state index in [4.69, 9.17) is 4.74 Å². The Hall–Kier alpha value is -3.20. The summed E-state index contributed by atoms with van der Waals surface area (Å²) in [5.41, 5.74) is 1.82. The molecule has 0 atom stereocenters. The number of hydrogen-bond donors (Lipinski definition) is 1. The minimum absolute atomic E-state index is 0.181. The number of rotatable bonds is 7. The zero-order valence-corrected chi connectivity index (χ0v) is 19.1. The van der Waals surface area contributed by atoms with Crippen molar-refractivity contribution < 1.29 is 14.3 Å². The van der Waals surface area contributed by atoms with Gasteiger partial charge in [0.1, 0.15) is 16.3 Å². The SMILES string of the molecule is Cc1c(C(=O)OCC(C)C)sc2ncn(CC(=O)Nc3ccc(N(C)C)cc3)c(=O)c12. The van der Waals surface area contributed by atoms with Crippen LogP contribution in [0, 0.1) is 12.8 Å². The standard InChI is InChI=1S/C22H26N4O4S/c1-13(2)11-30-22(29)19-14(3)18-20(31-19)23-12-26(21(18)28)10-17(27)24-15-6-8-16(9-7-15)25(4)5/h6-9,12-13H,10-11H2,1-5H3,(H,24,27). The van der Waals surface area contributed by atoms with Gasteiger partial charge < -0.3 is 15.0 Å². The molecule has 0 aliphatic heterocycles. The molecular weight excluding hydrogens is 416 g/mol. The van der Waals surface area contributed by atoms with Crippen LogP contribution in [-0.2, 0) is 16.1 Å². The van der Waals surface area contributed by atoms with Gasteiger partial charge in [0, 0.05) is 25.5 Å². The summed E-state index contributed by atoms with van der Waals surface area (Å²) in [5, 5.41) is 3.12. The Morgan fingerprint density at radius 1 is 1.23 bits per heavy atom.